The average Bonchev–Trinajstić information content (AvgIpc) is 3.01. The van der Waals surface area contributed by atoms with E-state index < -0.39 is 80.5 Å². The Hall–Kier alpha value is -5.64. The molecule has 10 heteroatoms. The smallest absolute Gasteiger partial charge is 0.343 e. The minimum atomic E-state index is -0.969. The molecule has 0 aromatic heterocycles. The Kier molecular flexibility index (Phi) is 7.86. The summed E-state index contributed by atoms with van der Waals surface area (Å²) < 4.78 is 5.48. The SMILES string of the molecule is CC1=C(C2=C(C)C(=O)c3c(c(C=O)c(O)c(O)c3C(C)C)C2=O)C(=O)c2cc(OC(=O)c3ccccc3)c(O)c(C(C)C)c2C1=O. The van der Waals surface area contributed by atoms with Crippen molar-refractivity contribution >= 4 is 35.4 Å². The van der Waals surface area contributed by atoms with Crippen molar-refractivity contribution in [2.75, 3.05) is 0 Å². The van der Waals surface area contributed by atoms with Crippen LogP contribution in [0.25, 0.3) is 0 Å². The molecule has 2 aliphatic rings. The highest BCUT2D eigenvalue weighted by molar-refractivity contribution is 6.38. The number of hydrogen-bond donors (Lipinski definition) is 3. The van der Waals surface area contributed by atoms with Crippen LogP contribution < -0.4 is 4.74 Å². The number of ether oxygens (including phenoxy) is 1. The van der Waals surface area contributed by atoms with E-state index in [-0.39, 0.29) is 56.6 Å². The van der Waals surface area contributed by atoms with Gasteiger partial charge in [-0.05, 0) is 43.9 Å². The number of aromatic hydroxyl groups is 3. The fourth-order valence-corrected chi connectivity index (χ4v) is 6.18. The van der Waals surface area contributed by atoms with Gasteiger partial charge in [0, 0.05) is 55.7 Å². The monoisotopic (exact) mass is 622 g/mol. The average molecular weight is 623 g/mol. The number of allylic oxidation sites excluding steroid dienone is 4. The molecule has 0 bridgehead atoms. The lowest BCUT2D eigenvalue weighted by molar-refractivity contribution is 0.0728. The van der Waals surface area contributed by atoms with Crippen molar-refractivity contribution in [2.45, 2.75) is 53.4 Å². The van der Waals surface area contributed by atoms with E-state index >= 15 is 0 Å². The van der Waals surface area contributed by atoms with E-state index in [1.165, 1.54) is 26.0 Å². The minimum absolute atomic E-state index is 0.0427. The Morgan fingerprint density at radius 2 is 1.22 bits per heavy atom. The van der Waals surface area contributed by atoms with Gasteiger partial charge in [0.25, 0.3) is 0 Å². The molecule has 0 aliphatic heterocycles. The van der Waals surface area contributed by atoms with Crippen LogP contribution in [0.15, 0.2) is 58.7 Å². The number of carbonyl (C=O) groups is 6. The van der Waals surface area contributed by atoms with Crippen LogP contribution >= 0.6 is 0 Å². The van der Waals surface area contributed by atoms with E-state index in [0.717, 1.165) is 6.07 Å². The number of benzene rings is 3. The predicted octanol–water partition coefficient (Wildman–Crippen LogP) is 6.17. The lowest BCUT2D eigenvalue weighted by Gasteiger charge is -2.29. The van der Waals surface area contributed by atoms with Crippen molar-refractivity contribution in [3.63, 3.8) is 0 Å². The number of phenolic OH excluding ortho intramolecular Hbond substituents is 3. The van der Waals surface area contributed by atoms with Gasteiger partial charge in [-0.15, -0.1) is 0 Å². The van der Waals surface area contributed by atoms with Crippen molar-refractivity contribution in [3.8, 4) is 23.0 Å². The molecule has 0 radical (unpaired) electrons. The van der Waals surface area contributed by atoms with Gasteiger partial charge in [-0.2, -0.15) is 0 Å². The van der Waals surface area contributed by atoms with E-state index in [9.17, 15) is 44.1 Å². The fourth-order valence-electron chi connectivity index (χ4n) is 6.18. The number of phenols is 3. The molecule has 0 heterocycles. The summed E-state index contributed by atoms with van der Waals surface area (Å²) in [5.74, 6) is -7.71. The van der Waals surface area contributed by atoms with Gasteiger partial charge in [-0.1, -0.05) is 45.9 Å². The maximum Gasteiger partial charge on any atom is 0.343 e. The molecule has 2 aliphatic carbocycles. The fraction of sp³-hybridized carbons (Fsp3) is 0.222. The molecule has 0 spiro atoms. The Bertz CT molecular complexity index is 2010. The van der Waals surface area contributed by atoms with Crippen LogP contribution in [0.4, 0.5) is 0 Å². The van der Waals surface area contributed by atoms with Crippen molar-refractivity contribution in [2.24, 2.45) is 0 Å². The first-order valence-electron chi connectivity index (χ1n) is 14.5. The van der Waals surface area contributed by atoms with E-state index in [1.807, 2.05) is 0 Å². The van der Waals surface area contributed by atoms with Gasteiger partial charge in [0.2, 0.25) is 0 Å². The summed E-state index contributed by atoms with van der Waals surface area (Å²) in [6.45, 7) is 9.20. The molecule has 0 saturated heterocycles. The molecule has 3 aromatic carbocycles. The molecule has 46 heavy (non-hydrogen) atoms. The van der Waals surface area contributed by atoms with E-state index in [2.05, 4.69) is 0 Å². The maximum absolute atomic E-state index is 14.3. The van der Waals surface area contributed by atoms with Gasteiger partial charge in [-0.25, -0.2) is 4.79 Å². The number of aldehydes is 1. The van der Waals surface area contributed by atoms with Crippen LogP contribution in [0, 0.1) is 0 Å². The quantitative estimate of drug-likeness (QED) is 0.125. The van der Waals surface area contributed by atoms with Crippen LogP contribution in [-0.4, -0.2) is 50.7 Å². The van der Waals surface area contributed by atoms with Crippen LogP contribution in [0.2, 0.25) is 0 Å². The number of fused-ring (bicyclic) bond motifs is 2. The summed E-state index contributed by atoms with van der Waals surface area (Å²) >= 11 is 0. The highest BCUT2D eigenvalue weighted by Crippen LogP contribution is 2.48. The number of hydrogen-bond acceptors (Lipinski definition) is 10. The second kappa shape index (κ2) is 11.4. The number of ketones is 4. The third-order valence-corrected chi connectivity index (χ3v) is 8.37. The van der Waals surface area contributed by atoms with Crippen LogP contribution in [0.3, 0.4) is 0 Å². The first-order chi connectivity index (χ1) is 21.6. The molecule has 0 atom stereocenters. The third kappa shape index (κ3) is 4.56. The molecule has 0 saturated carbocycles. The zero-order chi connectivity index (χ0) is 33.9. The van der Waals surface area contributed by atoms with Crippen LogP contribution in [0.5, 0.6) is 23.0 Å². The first kappa shape index (κ1) is 31.8. The molecule has 5 rings (SSSR count). The van der Waals surface area contributed by atoms with Gasteiger partial charge < -0.3 is 20.1 Å². The molecule has 0 fully saturated rings. The number of rotatable bonds is 6. The summed E-state index contributed by atoms with van der Waals surface area (Å²) in [5.41, 5.74) is -2.86. The van der Waals surface area contributed by atoms with Crippen LogP contribution in [0.1, 0.15) is 127 Å². The standard InChI is InChI=1S/C36H30O10/c1-14(2)22-26-19(12-21(33(22)42)46-36(45)18-10-8-7-9-11-18)31(40)24(16(5)29(26)38)25-17(6)30(39)28-23(15(3)4)35(44)32(41)20(13-37)27(28)34(25)43/h7-15,41-42,44H,1-6H3. The third-order valence-electron chi connectivity index (χ3n) is 8.37. The lowest BCUT2D eigenvalue weighted by atomic mass is 9.71. The minimum Gasteiger partial charge on any atom is -0.504 e. The van der Waals surface area contributed by atoms with Crippen molar-refractivity contribution in [3.05, 3.63) is 103 Å². The molecule has 3 N–H and O–H groups in total. The largest absolute Gasteiger partial charge is 0.504 e. The second-order valence-electron chi connectivity index (χ2n) is 11.8. The Balaban J connectivity index is 1.75. The maximum atomic E-state index is 14.3. The van der Waals surface area contributed by atoms with Gasteiger partial charge in [-0.3, -0.25) is 24.0 Å². The van der Waals surface area contributed by atoms with Crippen LogP contribution in [-0.2, 0) is 0 Å². The zero-order valence-corrected chi connectivity index (χ0v) is 25.9. The molecule has 10 nitrogen and oxygen atoms in total. The summed E-state index contributed by atoms with van der Waals surface area (Å²) in [6.07, 6.45) is 0.136. The number of carbonyl (C=O) groups excluding carboxylic acids is 6. The van der Waals surface area contributed by atoms with E-state index in [0.29, 0.717) is 0 Å². The van der Waals surface area contributed by atoms with Crippen molar-refractivity contribution in [1.29, 1.82) is 0 Å². The Morgan fingerprint density at radius 1 is 0.696 bits per heavy atom. The first-order valence-corrected chi connectivity index (χ1v) is 14.5. The molecular weight excluding hydrogens is 592 g/mol. The molecule has 0 amide bonds. The predicted molar refractivity (Wildman–Crippen MR) is 166 cm³/mol. The van der Waals surface area contributed by atoms with E-state index in [4.69, 9.17) is 4.74 Å². The highest BCUT2D eigenvalue weighted by atomic mass is 16.5. The molecule has 0 unspecified atom stereocenters. The van der Waals surface area contributed by atoms with Gasteiger partial charge in [0.1, 0.15) is 0 Å². The highest BCUT2D eigenvalue weighted by Gasteiger charge is 2.44. The van der Waals surface area contributed by atoms with Crippen molar-refractivity contribution < 1.29 is 48.8 Å². The van der Waals surface area contributed by atoms with Gasteiger partial charge in [0.05, 0.1) is 11.1 Å². The summed E-state index contributed by atoms with van der Waals surface area (Å²) in [5, 5.41) is 32.5. The lowest BCUT2D eigenvalue weighted by Crippen LogP contribution is -2.31. The zero-order valence-electron chi connectivity index (χ0n) is 25.9. The molecule has 234 valence electrons. The van der Waals surface area contributed by atoms with Gasteiger partial charge >= 0.3 is 5.97 Å². The Labute approximate surface area is 263 Å². The van der Waals surface area contributed by atoms with Gasteiger partial charge in [0.15, 0.2) is 52.4 Å². The molecular formula is C36H30O10. The topological polar surface area (TPSA) is 172 Å². The molecule has 3 aromatic rings. The van der Waals surface area contributed by atoms with E-state index in [1.54, 1.807) is 45.9 Å². The second-order valence-corrected chi connectivity index (χ2v) is 11.8. The normalized spacial score (nSPS) is 14.7. The summed E-state index contributed by atoms with van der Waals surface area (Å²) in [4.78, 5) is 81.4. The van der Waals surface area contributed by atoms with Crippen molar-refractivity contribution in [1.82, 2.24) is 0 Å². The summed E-state index contributed by atoms with van der Waals surface area (Å²) in [7, 11) is 0. The number of esters is 1. The Morgan fingerprint density at radius 3 is 1.76 bits per heavy atom. The number of Topliss-reactive ketones (excluding diaryl/α,β-unsaturated/α-hetero) is 4. The summed E-state index contributed by atoms with van der Waals surface area (Å²) in [6, 6.07) is 8.97.